The Morgan fingerprint density at radius 3 is 2.96 bits per heavy atom. The number of piperidine rings is 1. The van der Waals surface area contributed by atoms with Crippen molar-refractivity contribution in [2.24, 2.45) is 0 Å². The van der Waals surface area contributed by atoms with Crippen LogP contribution in [0, 0.1) is 11.6 Å². The average molecular weight is 335 g/mol. The zero-order valence-corrected chi connectivity index (χ0v) is 13.0. The summed E-state index contributed by atoms with van der Waals surface area (Å²) >= 11 is -1.78. The van der Waals surface area contributed by atoms with Gasteiger partial charge in [0.15, 0.2) is 15.6 Å². The molecule has 0 bridgehead atoms. The van der Waals surface area contributed by atoms with Crippen LogP contribution in [0.5, 0.6) is 5.75 Å². The zero-order chi connectivity index (χ0) is 16.0. The molecule has 0 aliphatic carbocycles. The molecule has 3 atom stereocenters. The second-order valence-corrected chi connectivity index (χ2v) is 7.22. The fourth-order valence-corrected chi connectivity index (χ4v) is 4.39. The van der Waals surface area contributed by atoms with E-state index in [1.165, 1.54) is 12.1 Å². The maximum atomic E-state index is 13.8. The minimum atomic E-state index is -1.78. The SMILES string of the molecule is [O-][S+](c1ccc2c(c1)OC1CNCCC21)c1cccc(F)c1F. The number of rotatable bonds is 2. The van der Waals surface area contributed by atoms with Gasteiger partial charge in [0.1, 0.15) is 11.9 Å². The molecule has 0 radical (unpaired) electrons. The summed E-state index contributed by atoms with van der Waals surface area (Å²) in [6.07, 6.45) is 1.09. The van der Waals surface area contributed by atoms with E-state index in [0.717, 1.165) is 31.1 Å². The molecule has 2 heterocycles. The first kappa shape index (κ1) is 14.9. The first-order valence-electron chi connectivity index (χ1n) is 7.52. The molecule has 23 heavy (non-hydrogen) atoms. The summed E-state index contributed by atoms with van der Waals surface area (Å²) in [7, 11) is 0. The van der Waals surface area contributed by atoms with Gasteiger partial charge in [0.2, 0.25) is 5.82 Å². The van der Waals surface area contributed by atoms with Crippen LogP contribution in [0.1, 0.15) is 17.9 Å². The quantitative estimate of drug-likeness (QED) is 0.858. The van der Waals surface area contributed by atoms with E-state index in [2.05, 4.69) is 5.32 Å². The van der Waals surface area contributed by atoms with Crippen LogP contribution in [0.15, 0.2) is 46.2 Å². The lowest BCUT2D eigenvalue weighted by Gasteiger charge is -2.24. The number of hydrogen-bond acceptors (Lipinski definition) is 3. The van der Waals surface area contributed by atoms with Crippen molar-refractivity contribution in [2.75, 3.05) is 13.1 Å². The molecule has 1 saturated heterocycles. The topological polar surface area (TPSA) is 44.3 Å². The Hall–Kier alpha value is -1.63. The molecule has 1 fully saturated rings. The van der Waals surface area contributed by atoms with Gasteiger partial charge in [0.25, 0.3) is 0 Å². The summed E-state index contributed by atoms with van der Waals surface area (Å²) in [5.41, 5.74) is 1.11. The monoisotopic (exact) mass is 335 g/mol. The molecule has 2 aromatic rings. The molecule has 0 aromatic heterocycles. The first-order chi connectivity index (χ1) is 11.1. The largest absolute Gasteiger partial charge is 0.606 e. The Morgan fingerprint density at radius 1 is 1.22 bits per heavy atom. The van der Waals surface area contributed by atoms with Gasteiger partial charge in [0, 0.05) is 35.3 Å². The molecule has 0 saturated carbocycles. The molecule has 3 unspecified atom stereocenters. The highest BCUT2D eigenvalue weighted by molar-refractivity contribution is 7.91. The van der Waals surface area contributed by atoms with Crippen molar-refractivity contribution in [3.8, 4) is 5.75 Å². The minimum Gasteiger partial charge on any atom is -0.606 e. The standard InChI is InChI=1S/C17H15F2NO2S/c18-13-2-1-3-16(17(13)19)23(21)10-4-5-11-12-6-7-20-9-15(12)22-14(11)8-10/h1-5,8,12,15,20H,6-7,9H2. The number of benzene rings is 2. The number of ether oxygens (including phenoxy) is 1. The van der Waals surface area contributed by atoms with Crippen molar-refractivity contribution in [3.05, 3.63) is 53.6 Å². The third-order valence-electron chi connectivity index (χ3n) is 4.42. The van der Waals surface area contributed by atoms with Crippen LogP contribution in [0.2, 0.25) is 0 Å². The summed E-state index contributed by atoms with van der Waals surface area (Å²) in [5.74, 6) is -1.01. The molecule has 120 valence electrons. The third-order valence-corrected chi connectivity index (χ3v) is 5.82. The number of halogens is 2. The summed E-state index contributed by atoms with van der Waals surface area (Å²) in [4.78, 5) is 0.266. The highest BCUT2D eigenvalue weighted by Gasteiger charge is 2.37. The maximum Gasteiger partial charge on any atom is 0.214 e. The summed E-state index contributed by atoms with van der Waals surface area (Å²) in [5, 5.41) is 3.29. The lowest BCUT2D eigenvalue weighted by Crippen LogP contribution is -2.39. The predicted octanol–water partition coefficient (Wildman–Crippen LogP) is 2.97. The fraction of sp³-hybridized carbons (Fsp3) is 0.294. The van der Waals surface area contributed by atoms with Gasteiger partial charge < -0.3 is 14.6 Å². The Kier molecular flexibility index (Phi) is 3.75. The molecule has 3 nitrogen and oxygen atoms in total. The van der Waals surface area contributed by atoms with Crippen LogP contribution in [0.3, 0.4) is 0 Å². The molecule has 1 N–H and O–H groups in total. The van der Waals surface area contributed by atoms with E-state index in [1.54, 1.807) is 12.1 Å². The second-order valence-electron chi connectivity index (χ2n) is 5.78. The summed E-state index contributed by atoms with van der Waals surface area (Å²) in [6, 6.07) is 9.01. The van der Waals surface area contributed by atoms with Crippen LogP contribution in [0.4, 0.5) is 8.78 Å². The van der Waals surface area contributed by atoms with Crippen molar-refractivity contribution in [1.82, 2.24) is 5.32 Å². The Morgan fingerprint density at radius 2 is 2.09 bits per heavy atom. The van der Waals surface area contributed by atoms with Crippen LogP contribution >= 0.6 is 0 Å². The van der Waals surface area contributed by atoms with Gasteiger partial charge in [-0.2, -0.15) is 4.39 Å². The normalized spacial score (nSPS) is 23.8. The Bertz CT molecular complexity index is 755. The van der Waals surface area contributed by atoms with Crippen molar-refractivity contribution in [2.45, 2.75) is 28.2 Å². The van der Waals surface area contributed by atoms with E-state index < -0.39 is 22.8 Å². The Labute approximate surface area is 135 Å². The van der Waals surface area contributed by atoms with E-state index in [1.807, 2.05) is 6.07 Å². The molecule has 0 amide bonds. The molecule has 4 rings (SSSR count). The van der Waals surface area contributed by atoms with Crippen LogP contribution in [-0.4, -0.2) is 23.7 Å². The zero-order valence-electron chi connectivity index (χ0n) is 12.2. The van der Waals surface area contributed by atoms with Gasteiger partial charge in [-0.05, 0) is 37.2 Å². The summed E-state index contributed by atoms with van der Waals surface area (Å²) in [6.45, 7) is 1.74. The first-order valence-corrected chi connectivity index (χ1v) is 8.67. The highest BCUT2D eigenvalue weighted by atomic mass is 32.2. The van der Waals surface area contributed by atoms with Gasteiger partial charge in [-0.1, -0.05) is 6.07 Å². The fourth-order valence-electron chi connectivity index (χ4n) is 3.27. The van der Waals surface area contributed by atoms with Crippen LogP contribution < -0.4 is 10.1 Å². The average Bonchev–Trinajstić information content (AvgIpc) is 2.94. The van der Waals surface area contributed by atoms with Gasteiger partial charge in [-0.3, -0.25) is 0 Å². The van der Waals surface area contributed by atoms with Crippen LogP contribution in [-0.2, 0) is 11.2 Å². The lowest BCUT2D eigenvalue weighted by atomic mass is 9.90. The molecular weight excluding hydrogens is 320 g/mol. The third kappa shape index (κ3) is 2.51. The van der Waals surface area contributed by atoms with E-state index in [0.29, 0.717) is 16.6 Å². The molecule has 6 heteroatoms. The molecule has 2 aromatic carbocycles. The van der Waals surface area contributed by atoms with Crippen LogP contribution in [0.25, 0.3) is 0 Å². The maximum absolute atomic E-state index is 13.8. The van der Waals surface area contributed by atoms with E-state index in [9.17, 15) is 13.3 Å². The molecule has 2 aliphatic heterocycles. The van der Waals surface area contributed by atoms with E-state index in [-0.39, 0.29) is 11.0 Å². The predicted molar refractivity (Wildman–Crippen MR) is 82.1 cm³/mol. The minimum absolute atomic E-state index is 0.0911. The smallest absolute Gasteiger partial charge is 0.214 e. The number of fused-ring (bicyclic) bond motifs is 3. The number of hydrogen-bond donors (Lipinski definition) is 1. The van der Waals surface area contributed by atoms with Crippen molar-refractivity contribution in [1.29, 1.82) is 0 Å². The van der Waals surface area contributed by atoms with Gasteiger partial charge in [-0.15, -0.1) is 0 Å². The Balaban J connectivity index is 1.68. The number of nitrogens with one attached hydrogen (secondary N) is 1. The molecular formula is C17H15F2NO2S. The molecule has 2 aliphatic rings. The van der Waals surface area contributed by atoms with E-state index >= 15 is 0 Å². The second kappa shape index (κ2) is 5.78. The van der Waals surface area contributed by atoms with Gasteiger partial charge >= 0.3 is 0 Å². The van der Waals surface area contributed by atoms with Crippen molar-refractivity contribution in [3.63, 3.8) is 0 Å². The molecule has 0 spiro atoms. The van der Waals surface area contributed by atoms with Gasteiger partial charge in [-0.25, -0.2) is 4.39 Å². The van der Waals surface area contributed by atoms with Crippen molar-refractivity contribution < 1.29 is 18.1 Å². The summed E-state index contributed by atoms with van der Waals surface area (Å²) < 4.78 is 45.7. The lowest BCUT2D eigenvalue weighted by molar-refractivity contribution is 0.176. The van der Waals surface area contributed by atoms with Crippen molar-refractivity contribution >= 4 is 11.2 Å². The van der Waals surface area contributed by atoms with Gasteiger partial charge in [0.05, 0.1) is 0 Å². The highest BCUT2D eigenvalue weighted by Crippen LogP contribution is 2.42. The van der Waals surface area contributed by atoms with E-state index in [4.69, 9.17) is 4.74 Å².